The third-order valence-electron chi connectivity index (χ3n) is 1.62. The zero-order valence-corrected chi connectivity index (χ0v) is 6.83. The molecule has 0 saturated carbocycles. The molecule has 0 aliphatic heterocycles. The first-order chi connectivity index (χ1) is 5.24. The molecule has 0 unspecified atom stereocenters. The Hall–Kier alpha value is -1.30. The second-order valence-corrected chi connectivity index (χ2v) is 2.57. The molecular weight excluding hydrogens is 138 g/mol. The van der Waals surface area contributed by atoms with Gasteiger partial charge in [-0.3, -0.25) is 4.68 Å². The number of aromatic nitrogens is 2. The molecule has 0 spiro atoms. The van der Waals surface area contributed by atoms with E-state index in [1.165, 1.54) is 5.56 Å². The standard InChI is InChI=1S/C8H11N3/c1-7-8(4-3-5-9)6-11(2)10-7/h6H,3-4H2,1-2H3. The normalized spacial score (nSPS) is 9.55. The van der Waals surface area contributed by atoms with Crippen LogP contribution < -0.4 is 0 Å². The predicted octanol–water partition coefficient (Wildman–Crippen LogP) is 1.18. The van der Waals surface area contributed by atoms with Crippen molar-refractivity contribution in [3.8, 4) is 6.07 Å². The summed E-state index contributed by atoms with van der Waals surface area (Å²) in [7, 11) is 1.89. The molecule has 0 aliphatic carbocycles. The molecule has 1 aromatic rings. The third-order valence-corrected chi connectivity index (χ3v) is 1.62. The number of hydrogen-bond acceptors (Lipinski definition) is 2. The van der Waals surface area contributed by atoms with Gasteiger partial charge in [-0.2, -0.15) is 10.4 Å². The van der Waals surface area contributed by atoms with Crippen LogP contribution in [0.5, 0.6) is 0 Å². The first-order valence-electron chi connectivity index (χ1n) is 3.60. The van der Waals surface area contributed by atoms with E-state index in [0.717, 1.165) is 12.1 Å². The van der Waals surface area contributed by atoms with Crippen molar-refractivity contribution in [2.24, 2.45) is 7.05 Å². The maximum absolute atomic E-state index is 8.35. The Labute approximate surface area is 66.3 Å². The van der Waals surface area contributed by atoms with E-state index in [1.54, 1.807) is 4.68 Å². The van der Waals surface area contributed by atoms with Crippen molar-refractivity contribution in [2.75, 3.05) is 0 Å². The van der Waals surface area contributed by atoms with E-state index in [2.05, 4.69) is 11.2 Å². The summed E-state index contributed by atoms with van der Waals surface area (Å²) in [5.74, 6) is 0. The molecule has 0 bridgehead atoms. The molecule has 1 rings (SSSR count). The van der Waals surface area contributed by atoms with Gasteiger partial charge in [0.1, 0.15) is 0 Å². The molecule has 3 heteroatoms. The van der Waals surface area contributed by atoms with E-state index in [4.69, 9.17) is 5.26 Å². The summed E-state index contributed by atoms with van der Waals surface area (Å²) in [5, 5.41) is 12.5. The van der Waals surface area contributed by atoms with Crippen molar-refractivity contribution in [1.82, 2.24) is 9.78 Å². The van der Waals surface area contributed by atoms with Crippen LogP contribution in [0, 0.1) is 18.3 Å². The molecule has 0 amide bonds. The van der Waals surface area contributed by atoms with Gasteiger partial charge in [-0.25, -0.2) is 0 Å². The maximum Gasteiger partial charge on any atom is 0.0625 e. The number of aryl methyl sites for hydroxylation is 3. The van der Waals surface area contributed by atoms with Crippen LogP contribution in [0.15, 0.2) is 6.20 Å². The summed E-state index contributed by atoms with van der Waals surface area (Å²) in [6.45, 7) is 1.96. The van der Waals surface area contributed by atoms with E-state index >= 15 is 0 Å². The van der Waals surface area contributed by atoms with Gasteiger partial charge in [0.25, 0.3) is 0 Å². The van der Waals surface area contributed by atoms with Gasteiger partial charge >= 0.3 is 0 Å². The topological polar surface area (TPSA) is 41.6 Å². The van der Waals surface area contributed by atoms with E-state index in [0.29, 0.717) is 6.42 Å². The van der Waals surface area contributed by atoms with Gasteiger partial charge in [0.15, 0.2) is 0 Å². The molecule has 0 fully saturated rings. The highest BCUT2D eigenvalue weighted by molar-refractivity contribution is 5.15. The lowest BCUT2D eigenvalue weighted by molar-refractivity contribution is 0.756. The zero-order valence-electron chi connectivity index (χ0n) is 6.83. The lowest BCUT2D eigenvalue weighted by atomic mass is 10.1. The van der Waals surface area contributed by atoms with Gasteiger partial charge in [-0.05, 0) is 18.9 Å². The Morgan fingerprint density at radius 1 is 1.73 bits per heavy atom. The SMILES string of the molecule is Cc1nn(C)cc1CCC#N. The number of nitrogens with zero attached hydrogens (tertiary/aromatic N) is 3. The van der Waals surface area contributed by atoms with Crippen molar-refractivity contribution in [3.05, 3.63) is 17.5 Å². The lowest BCUT2D eigenvalue weighted by Crippen LogP contribution is -1.86. The highest BCUT2D eigenvalue weighted by Gasteiger charge is 2.00. The van der Waals surface area contributed by atoms with Gasteiger partial charge in [-0.1, -0.05) is 0 Å². The minimum Gasteiger partial charge on any atom is -0.275 e. The van der Waals surface area contributed by atoms with Gasteiger partial charge in [0, 0.05) is 19.7 Å². The number of rotatable bonds is 2. The van der Waals surface area contributed by atoms with Crippen LogP contribution in [-0.2, 0) is 13.5 Å². The van der Waals surface area contributed by atoms with Crippen molar-refractivity contribution in [1.29, 1.82) is 5.26 Å². The van der Waals surface area contributed by atoms with Crippen LogP contribution in [-0.4, -0.2) is 9.78 Å². The van der Waals surface area contributed by atoms with Crippen LogP contribution in [0.2, 0.25) is 0 Å². The van der Waals surface area contributed by atoms with E-state index in [1.807, 2.05) is 20.2 Å². The maximum atomic E-state index is 8.35. The van der Waals surface area contributed by atoms with E-state index in [9.17, 15) is 0 Å². The fraction of sp³-hybridized carbons (Fsp3) is 0.500. The van der Waals surface area contributed by atoms with Crippen LogP contribution in [0.25, 0.3) is 0 Å². The molecule has 1 aromatic heterocycles. The number of hydrogen-bond donors (Lipinski definition) is 0. The van der Waals surface area contributed by atoms with Crippen LogP contribution in [0.4, 0.5) is 0 Å². The fourth-order valence-corrected chi connectivity index (χ4v) is 1.08. The Kier molecular flexibility index (Phi) is 2.27. The molecule has 0 radical (unpaired) electrons. The molecule has 1 heterocycles. The minimum absolute atomic E-state index is 0.576. The average Bonchev–Trinajstić information content (AvgIpc) is 2.26. The summed E-state index contributed by atoms with van der Waals surface area (Å²) in [5.41, 5.74) is 2.21. The molecule has 11 heavy (non-hydrogen) atoms. The first kappa shape index (κ1) is 7.80. The minimum atomic E-state index is 0.576. The molecule has 0 aliphatic rings. The Balaban J connectivity index is 2.71. The second-order valence-electron chi connectivity index (χ2n) is 2.57. The van der Waals surface area contributed by atoms with E-state index < -0.39 is 0 Å². The van der Waals surface area contributed by atoms with Crippen LogP contribution in [0.1, 0.15) is 17.7 Å². The first-order valence-corrected chi connectivity index (χ1v) is 3.60. The zero-order chi connectivity index (χ0) is 8.27. The number of nitriles is 1. The fourth-order valence-electron chi connectivity index (χ4n) is 1.08. The van der Waals surface area contributed by atoms with Crippen molar-refractivity contribution >= 4 is 0 Å². The van der Waals surface area contributed by atoms with E-state index in [-0.39, 0.29) is 0 Å². The Bertz CT molecular complexity index is 280. The lowest BCUT2D eigenvalue weighted by Gasteiger charge is -1.89. The molecule has 3 nitrogen and oxygen atoms in total. The Morgan fingerprint density at radius 3 is 2.91 bits per heavy atom. The summed E-state index contributed by atoms with van der Waals surface area (Å²) < 4.78 is 1.78. The largest absolute Gasteiger partial charge is 0.275 e. The van der Waals surface area contributed by atoms with Gasteiger partial charge in [0.2, 0.25) is 0 Å². The second kappa shape index (κ2) is 3.20. The molecule has 0 N–H and O–H groups in total. The molecule has 0 aromatic carbocycles. The third kappa shape index (κ3) is 1.81. The van der Waals surface area contributed by atoms with Gasteiger partial charge in [0.05, 0.1) is 11.8 Å². The summed E-state index contributed by atoms with van der Waals surface area (Å²) in [6.07, 6.45) is 3.36. The summed E-state index contributed by atoms with van der Waals surface area (Å²) in [6, 6.07) is 2.12. The smallest absolute Gasteiger partial charge is 0.0625 e. The van der Waals surface area contributed by atoms with Gasteiger partial charge < -0.3 is 0 Å². The predicted molar refractivity (Wildman–Crippen MR) is 41.9 cm³/mol. The van der Waals surface area contributed by atoms with Crippen LogP contribution >= 0.6 is 0 Å². The molecular formula is C8H11N3. The van der Waals surface area contributed by atoms with Gasteiger partial charge in [-0.15, -0.1) is 0 Å². The van der Waals surface area contributed by atoms with Crippen LogP contribution in [0.3, 0.4) is 0 Å². The Morgan fingerprint density at radius 2 is 2.45 bits per heavy atom. The summed E-state index contributed by atoms with van der Waals surface area (Å²) in [4.78, 5) is 0. The highest BCUT2D eigenvalue weighted by Crippen LogP contribution is 2.06. The quantitative estimate of drug-likeness (QED) is 0.633. The molecule has 0 saturated heterocycles. The summed E-state index contributed by atoms with van der Waals surface area (Å²) >= 11 is 0. The monoisotopic (exact) mass is 149 g/mol. The van der Waals surface area contributed by atoms with Crippen molar-refractivity contribution < 1.29 is 0 Å². The molecule has 0 atom stereocenters. The molecule has 58 valence electrons. The van der Waals surface area contributed by atoms with Crippen molar-refractivity contribution in [3.63, 3.8) is 0 Å². The highest BCUT2D eigenvalue weighted by atomic mass is 15.2. The van der Waals surface area contributed by atoms with Crippen molar-refractivity contribution in [2.45, 2.75) is 19.8 Å². The average molecular weight is 149 g/mol.